The van der Waals surface area contributed by atoms with Gasteiger partial charge in [-0.3, -0.25) is 4.79 Å². The minimum Gasteiger partial charge on any atom is -0.483 e. The van der Waals surface area contributed by atoms with Gasteiger partial charge in [-0.1, -0.05) is 48.0 Å². The van der Waals surface area contributed by atoms with Crippen molar-refractivity contribution in [2.24, 2.45) is 0 Å². The summed E-state index contributed by atoms with van der Waals surface area (Å²) in [7, 11) is 0. The third-order valence-corrected chi connectivity index (χ3v) is 4.17. The first-order valence-corrected chi connectivity index (χ1v) is 9.01. The molecule has 0 aliphatic carbocycles. The van der Waals surface area contributed by atoms with Crippen molar-refractivity contribution in [1.82, 2.24) is 0 Å². The van der Waals surface area contributed by atoms with E-state index in [0.717, 1.165) is 5.56 Å². The topological polar surface area (TPSA) is 62.1 Å². The fraction of sp³-hybridized carbons (Fsp3) is 0.0833. The van der Waals surface area contributed by atoms with Crippen molar-refractivity contribution < 1.29 is 13.9 Å². The molecule has 0 aromatic heterocycles. The highest BCUT2D eigenvalue weighted by Gasteiger charge is 2.08. The van der Waals surface area contributed by atoms with Crippen LogP contribution in [0.4, 0.5) is 10.1 Å². The number of para-hydroxylation sites is 1. The van der Waals surface area contributed by atoms with E-state index in [1.807, 2.05) is 31.2 Å². The third-order valence-electron chi connectivity index (χ3n) is 4.17. The Balaban J connectivity index is 1.74. The summed E-state index contributed by atoms with van der Waals surface area (Å²) in [5, 5.41) is 12.2. The van der Waals surface area contributed by atoms with Gasteiger partial charge in [0.1, 0.15) is 11.6 Å². The molecule has 0 aliphatic heterocycles. The highest BCUT2D eigenvalue weighted by atomic mass is 19.1. The molecule has 0 atom stereocenters. The number of amides is 1. The van der Waals surface area contributed by atoms with Crippen molar-refractivity contribution in [3.63, 3.8) is 0 Å². The van der Waals surface area contributed by atoms with E-state index in [1.165, 1.54) is 12.1 Å². The minimum absolute atomic E-state index is 0.180. The predicted octanol–water partition coefficient (Wildman–Crippen LogP) is 5.22. The number of halogens is 1. The second-order valence-corrected chi connectivity index (χ2v) is 6.42. The predicted molar refractivity (Wildman–Crippen MR) is 112 cm³/mol. The van der Waals surface area contributed by atoms with Crippen molar-refractivity contribution in [3.8, 4) is 11.8 Å². The van der Waals surface area contributed by atoms with E-state index in [2.05, 4.69) is 11.4 Å². The van der Waals surface area contributed by atoms with Gasteiger partial charge in [-0.2, -0.15) is 5.26 Å². The summed E-state index contributed by atoms with van der Waals surface area (Å²) < 4.78 is 19.1. The Morgan fingerprint density at radius 3 is 2.59 bits per heavy atom. The molecule has 0 heterocycles. The maximum Gasteiger partial charge on any atom is 0.262 e. The van der Waals surface area contributed by atoms with Crippen LogP contribution in [-0.2, 0) is 4.79 Å². The van der Waals surface area contributed by atoms with Gasteiger partial charge in [-0.05, 0) is 48.9 Å². The molecule has 0 fully saturated rings. The van der Waals surface area contributed by atoms with Gasteiger partial charge >= 0.3 is 0 Å². The monoisotopic (exact) mass is 386 g/mol. The van der Waals surface area contributed by atoms with Gasteiger partial charge in [-0.25, -0.2) is 4.39 Å². The molecule has 1 amide bonds. The second kappa shape index (κ2) is 9.34. The average Bonchev–Trinajstić information content (AvgIpc) is 2.73. The van der Waals surface area contributed by atoms with E-state index in [0.29, 0.717) is 28.1 Å². The summed E-state index contributed by atoms with van der Waals surface area (Å²) >= 11 is 0. The van der Waals surface area contributed by atoms with Gasteiger partial charge in [-0.15, -0.1) is 0 Å². The van der Waals surface area contributed by atoms with E-state index >= 15 is 0 Å². The standard InChI is InChI=1S/C24H19FN2O2/c1-17-9-11-22(12-10-17)27-24(28)16-29-23-8-3-2-5-19(23)13-20(15-26)18-6-4-7-21(25)14-18/h2-14H,16H2,1H3,(H,27,28)/b20-13-. The van der Waals surface area contributed by atoms with Crippen LogP contribution in [0.1, 0.15) is 16.7 Å². The number of nitrogens with zero attached hydrogens (tertiary/aromatic N) is 1. The van der Waals surface area contributed by atoms with E-state index < -0.39 is 5.82 Å². The third kappa shape index (κ3) is 5.53. The summed E-state index contributed by atoms with van der Waals surface area (Å²) in [4.78, 5) is 12.2. The molecule has 3 rings (SSSR count). The lowest BCUT2D eigenvalue weighted by Gasteiger charge is -2.10. The highest BCUT2D eigenvalue weighted by molar-refractivity contribution is 5.92. The number of carbonyl (C=O) groups is 1. The molecule has 0 aliphatic rings. The zero-order valence-corrected chi connectivity index (χ0v) is 15.9. The molecule has 0 unspecified atom stereocenters. The molecule has 0 bridgehead atoms. The summed E-state index contributed by atoms with van der Waals surface area (Å²) in [6.45, 7) is 1.79. The highest BCUT2D eigenvalue weighted by Crippen LogP contribution is 2.25. The van der Waals surface area contributed by atoms with Crippen molar-refractivity contribution >= 4 is 23.2 Å². The lowest BCUT2D eigenvalue weighted by atomic mass is 10.0. The lowest BCUT2D eigenvalue weighted by Crippen LogP contribution is -2.20. The van der Waals surface area contributed by atoms with Crippen LogP contribution in [0.25, 0.3) is 11.6 Å². The first kappa shape index (κ1) is 19.8. The van der Waals surface area contributed by atoms with E-state index in [4.69, 9.17) is 4.74 Å². The number of rotatable bonds is 6. The second-order valence-electron chi connectivity index (χ2n) is 6.42. The van der Waals surface area contributed by atoms with Gasteiger partial charge in [0, 0.05) is 11.3 Å². The maximum atomic E-state index is 13.5. The molecule has 3 aromatic carbocycles. The SMILES string of the molecule is Cc1ccc(NC(=O)COc2ccccc2/C=C(/C#N)c2cccc(F)c2)cc1. The van der Waals surface area contributed by atoms with Crippen molar-refractivity contribution in [3.05, 3.63) is 95.3 Å². The van der Waals surface area contributed by atoms with Gasteiger partial charge in [0.15, 0.2) is 6.61 Å². The summed E-state index contributed by atoms with van der Waals surface area (Å²) in [6, 6.07) is 22.4. The van der Waals surface area contributed by atoms with E-state index in [-0.39, 0.29) is 12.5 Å². The minimum atomic E-state index is -0.416. The number of hydrogen-bond acceptors (Lipinski definition) is 3. The molecule has 1 N–H and O–H groups in total. The Kier molecular flexibility index (Phi) is 6.39. The van der Waals surface area contributed by atoms with Crippen molar-refractivity contribution in [2.45, 2.75) is 6.92 Å². The summed E-state index contributed by atoms with van der Waals surface area (Å²) in [5.41, 5.74) is 3.18. The molecule has 3 aromatic rings. The smallest absolute Gasteiger partial charge is 0.262 e. The Labute approximate surface area is 168 Å². The Morgan fingerprint density at radius 2 is 1.86 bits per heavy atom. The molecular weight excluding hydrogens is 367 g/mol. The van der Waals surface area contributed by atoms with E-state index in [9.17, 15) is 14.4 Å². The first-order valence-electron chi connectivity index (χ1n) is 9.01. The number of carbonyl (C=O) groups excluding carboxylic acids is 1. The molecule has 29 heavy (non-hydrogen) atoms. The number of ether oxygens (including phenoxy) is 1. The quantitative estimate of drug-likeness (QED) is 0.467. The fourth-order valence-electron chi connectivity index (χ4n) is 2.70. The van der Waals surface area contributed by atoms with Gasteiger partial charge in [0.2, 0.25) is 0 Å². The molecule has 0 spiro atoms. The number of nitriles is 1. The summed E-state index contributed by atoms with van der Waals surface area (Å²) in [5.74, 6) is -0.255. The normalized spacial score (nSPS) is 10.9. The van der Waals surface area contributed by atoms with Crippen LogP contribution >= 0.6 is 0 Å². The Bertz CT molecular complexity index is 1080. The molecule has 0 radical (unpaired) electrons. The fourth-order valence-corrected chi connectivity index (χ4v) is 2.70. The van der Waals surface area contributed by atoms with Crippen LogP contribution in [-0.4, -0.2) is 12.5 Å². The van der Waals surface area contributed by atoms with Crippen LogP contribution in [0.5, 0.6) is 5.75 Å². The van der Waals surface area contributed by atoms with Crippen LogP contribution in [0.3, 0.4) is 0 Å². The summed E-state index contributed by atoms with van der Waals surface area (Å²) in [6.07, 6.45) is 1.61. The zero-order valence-electron chi connectivity index (χ0n) is 15.9. The van der Waals surface area contributed by atoms with Crippen molar-refractivity contribution in [2.75, 3.05) is 11.9 Å². The first-order chi connectivity index (χ1) is 14.0. The molecule has 144 valence electrons. The molecular formula is C24H19FN2O2. The Hall–Kier alpha value is -3.91. The van der Waals surface area contributed by atoms with E-state index in [1.54, 1.807) is 42.5 Å². The number of anilines is 1. The van der Waals surface area contributed by atoms with Crippen LogP contribution in [0.15, 0.2) is 72.8 Å². The molecule has 0 saturated heterocycles. The van der Waals surface area contributed by atoms with Crippen molar-refractivity contribution in [1.29, 1.82) is 5.26 Å². The number of allylic oxidation sites excluding steroid dienone is 1. The van der Waals surface area contributed by atoms with Crippen LogP contribution in [0.2, 0.25) is 0 Å². The number of benzene rings is 3. The Morgan fingerprint density at radius 1 is 1.10 bits per heavy atom. The number of aryl methyl sites for hydroxylation is 1. The largest absolute Gasteiger partial charge is 0.483 e. The van der Waals surface area contributed by atoms with Crippen LogP contribution in [0, 0.1) is 24.1 Å². The number of nitrogens with one attached hydrogen (secondary N) is 1. The van der Waals surface area contributed by atoms with Crippen LogP contribution < -0.4 is 10.1 Å². The van der Waals surface area contributed by atoms with Gasteiger partial charge in [0.25, 0.3) is 5.91 Å². The lowest BCUT2D eigenvalue weighted by molar-refractivity contribution is -0.118. The average molecular weight is 386 g/mol. The molecule has 4 nitrogen and oxygen atoms in total. The molecule has 5 heteroatoms. The zero-order chi connectivity index (χ0) is 20.6. The van der Waals surface area contributed by atoms with Gasteiger partial charge < -0.3 is 10.1 Å². The number of hydrogen-bond donors (Lipinski definition) is 1. The molecule has 0 saturated carbocycles. The maximum absolute atomic E-state index is 13.5. The van der Waals surface area contributed by atoms with Gasteiger partial charge in [0.05, 0.1) is 11.6 Å².